The second-order valence-corrected chi connectivity index (χ2v) is 8.62. The van der Waals surface area contributed by atoms with Gasteiger partial charge in [-0.15, -0.1) is 0 Å². The summed E-state index contributed by atoms with van der Waals surface area (Å²) in [5.41, 5.74) is 2.62. The lowest BCUT2D eigenvalue weighted by molar-refractivity contribution is -0.140. The van der Waals surface area contributed by atoms with Crippen LogP contribution in [-0.2, 0) is 20.9 Å². The van der Waals surface area contributed by atoms with Crippen molar-refractivity contribution in [2.24, 2.45) is 0 Å². The molecule has 8 nitrogen and oxygen atoms in total. The zero-order valence-corrected chi connectivity index (χ0v) is 20.2. The third-order valence-electron chi connectivity index (χ3n) is 5.96. The number of carbonyl (C=O) groups excluding carboxylic acids is 3. The lowest BCUT2D eigenvalue weighted by Gasteiger charge is -2.25. The van der Waals surface area contributed by atoms with Gasteiger partial charge in [0.25, 0.3) is 11.7 Å². The van der Waals surface area contributed by atoms with Crippen LogP contribution in [0.3, 0.4) is 0 Å². The van der Waals surface area contributed by atoms with E-state index in [4.69, 9.17) is 16.3 Å². The van der Waals surface area contributed by atoms with E-state index in [9.17, 15) is 19.5 Å². The zero-order chi connectivity index (χ0) is 25.3. The van der Waals surface area contributed by atoms with Gasteiger partial charge in [0.2, 0.25) is 0 Å². The minimum absolute atomic E-state index is 0.0678. The Bertz CT molecular complexity index is 1330. The number of pyridine rings is 1. The molecule has 2 N–H and O–H groups in total. The van der Waals surface area contributed by atoms with E-state index in [0.29, 0.717) is 21.8 Å². The van der Waals surface area contributed by atoms with Crippen molar-refractivity contribution in [1.29, 1.82) is 0 Å². The van der Waals surface area contributed by atoms with Crippen LogP contribution in [0.25, 0.3) is 5.76 Å². The van der Waals surface area contributed by atoms with Crippen LogP contribution in [0.2, 0.25) is 5.02 Å². The Kier molecular flexibility index (Phi) is 6.75. The molecule has 0 saturated carbocycles. The number of esters is 1. The third kappa shape index (κ3) is 4.44. The lowest BCUT2D eigenvalue weighted by atomic mass is 9.94. The highest BCUT2D eigenvalue weighted by molar-refractivity contribution is 6.46. The molecule has 0 radical (unpaired) electrons. The number of nitrogens with one attached hydrogen (secondary N) is 1. The van der Waals surface area contributed by atoms with Crippen molar-refractivity contribution < 1.29 is 24.2 Å². The number of hydrogen-bond acceptors (Lipinski definition) is 6. The number of ether oxygens (including phenoxy) is 1. The summed E-state index contributed by atoms with van der Waals surface area (Å²) in [6.07, 6.45) is 3.23. The normalized spacial score (nSPS) is 17.1. The Morgan fingerprint density at radius 3 is 2.54 bits per heavy atom. The molecule has 35 heavy (non-hydrogen) atoms. The molecule has 1 fully saturated rings. The standard InChI is InChI=1S/C26H24ClN3O5/c1-4-35-26(34)21-14(2)19(15(3)29-21)23(31)20-22(17-7-9-18(27)10-8-17)30(25(33)24(20)32)13-16-6-5-11-28-12-16/h5-12,22,29,31H,4,13H2,1-3H3/t22-/m1/s1. The number of rotatable bonds is 6. The van der Waals surface area contributed by atoms with Crippen LogP contribution in [0.4, 0.5) is 0 Å². The molecule has 3 aromatic rings. The van der Waals surface area contributed by atoms with Gasteiger partial charge in [-0.2, -0.15) is 0 Å². The molecule has 1 atom stereocenters. The average molecular weight is 494 g/mol. The average Bonchev–Trinajstić information content (AvgIpc) is 3.27. The van der Waals surface area contributed by atoms with Crippen molar-refractivity contribution in [2.75, 3.05) is 6.61 Å². The maximum absolute atomic E-state index is 13.3. The number of H-pyrrole nitrogens is 1. The number of aromatic amines is 1. The third-order valence-corrected chi connectivity index (χ3v) is 6.21. The minimum atomic E-state index is -0.868. The number of benzene rings is 1. The largest absolute Gasteiger partial charge is 0.507 e. The fourth-order valence-electron chi connectivity index (χ4n) is 4.37. The first-order valence-corrected chi connectivity index (χ1v) is 11.4. The molecule has 1 saturated heterocycles. The van der Waals surface area contributed by atoms with E-state index in [0.717, 1.165) is 5.56 Å². The number of aryl methyl sites for hydroxylation is 1. The Morgan fingerprint density at radius 2 is 1.91 bits per heavy atom. The number of aliphatic hydroxyl groups is 1. The molecule has 1 aromatic carbocycles. The molecule has 180 valence electrons. The van der Waals surface area contributed by atoms with E-state index in [2.05, 4.69) is 9.97 Å². The van der Waals surface area contributed by atoms with Crippen LogP contribution in [0.1, 0.15) is 51.4 Å². The highest BCUT2D eigenvalue weighted by atomic mass is 35.5. The molecule has 3 heterocycles. The SMILES string of the molecule is CCOC(=O)c1[nH]c(C)c(C(O)=C2C(=O)C(=O)N(Cc3cccnc3)[C@@H]2c2ccc(Cl)cc2)c1C. The van der Waals surface area contributed by atoms with E-state index < -0.39 is 23.7 Å². The molecule has 1 aliphatic heterocycles. The molecule has 0 unspecified atom stereocenters. The fraction of sp³-hybridized carbons (Fsp3) is 0.231. The number of aromatic nitrogens is 2. The maximum Gasteiger partial charge on any atom is 0.355 e. The van der Waals surface area contributed by atoms with Gasteiger partial charge >= 0.3 is 5.97 Å². The van der Waals surface area contributed by atoms with Crippen LogP contribution >= 0.6 is 11.6 Å². The predicted molar refractivity (Wildman–Crippen MR) is 130 cm³/mol. The van der Waals surface area contributed by atoms with Crippen molar-refractivity contribution in [3.05, 3.63) is 93.0 Å². The first kappa shape index (κ1) is 24.2. The molecule has 1 aliphatic rings. The molecule has 0 spiro atoms. The number of ketones is 1. The molecule has 2 aromatic heterocycles. The van der Waals surface area contributed by atoms with Gasteiger partial charge in [0, 0.05) is 35.2 Å². The summed E-state index contributed by atoms with van der Waals surface area (Å²) in [4.78, 5) is 47.3. The zero-order valence-electron chi connectivity index (χ0n) is 19.5. The first-order valence-electron chi connectivity index (χ1n) is 11.0. The number of Topliss-reactive ketones (excluding diaryl/α,β-unsaturated/α-hetero) is 1. The van der Waals surface area contributed by atoms with Crippen molar-refractivity contribution in [1.82, 2.24) is 14.9 Å². The first-order chi connectivity index (χ1) is 16.7. The van der Waals surface area contributed by atoms with Gasteiger partial charge in [-0.25, -0.2) is 4.79 Å². The number of amides is 1. The summed E-state index contributed by atoms with van der Waals surface area (Å²) in [6.45, 7) is 5.32. The molecular weight excluding hydrogens is 470 g/mol. The molecule has 0 aliphatic carbocycles. The number of hydrogen-bond donors (Lipinski definition) is 2. The smallest absolute Gasteiger partial charge is 0.355 e. The van der Waals surface area contributed by atoms with Crippen LogP contribution in [-0.4, -0.2) is 44.2 Å². The van der Waals surface area contributed by atoms with Crippen LogP contribution in [0.15, 0.2) is 54.4 Å². The molecule has 4 rings (SSSR count). The summed E-state index contributed by atoms with van der Waals surface area (Å²) in [5, 5.41) is 11.9. The predicted octanol–water partition coefficient (Wildman–Crippen LogP) is 4.48. The highest BCUT2D eigenvalue weighted by Gasteiger charge is 2.46. The van der Waals surface area contributed by atoms with Crippen LogP contribution < -0.4 is 0 Å². The lowest BCUT2D eigenvalue weighted by Crippen LogP contribution is -2.29. The summed E-state index contributed by atoms with van der Waals surface area (Å²) in [6, 6.07) is 9.42. The summed E-state index contributed by atoms with van der Waals surface area (Å²) < 4.78 is 5.09. The van der Waals surface area contributed by atoms with E-state index >= 15 is 0 Å². The van der Waals surface area contributed by atoms with Gasteiger partial charge in [0.05, 0.1) is 18.2 Å². The molecular formula is C26H24ClN3O5. The summed E-state index contributed by atoms with van der Waals surface area (Å²) in [5.74, 6) is -2.49. The number of halogens is 1. The Labute approximate surface area is 207 Å². The maximum atomic E-state index is 13.3. The summed E-state index contributed by atoms with van der Waals surface area (Å²) in [7, 11) is 0. The van der Waals surface area contributed by atoms with Crippen molar-refractivity contribution in [2.45, 2.75) is 33.4 Å². The van der Waals surface area contributed by atoms with E-state index in [1.807, 2.05) is 0 Å². The van der Waals surface area contributed by atoms with Crippen molar-refractivity contribution in [3.8, 4) is 0 Å². The van der Waals surface area contributed by atoms with E-state index in [-0.39, 0.29) is 35.7 Å². The molecule has 0 bridgehead atoms. The minimum Gasteiger partial charge on any atom is -0.507 e. The quantitative estimate of drug-likeness (QED) is 0.226. The summed E-state index contributed by atoms with van der Waals surface area (Å²) >= 11 is 6.07. The molecule has 1 amide bonds. The van der Waals surface area contributed by atoms with E-state index in [1.54, 1.807) is 69.6 Å². The van der Waals surface area contributed by atoms with E-state index in [1.165, 1.54) is 4.90 Å². The topological polar surface area (TPSA) is 113 Å². The van der Waals surface area contributed by atoms with Crippen molar-refractivity contribution >= 4 is 35.0 Å². The van der Waals surface area contributed by atoms with Gasteiger partial charge in [-0.3, -0.25) is 14.6 Å². The van der Waals surface area contributed by atoms with Gasteiger partial charge in [0.15, 0.2) is 0 Å². The van der Waals surface area contributed by atoms with Gasteiger partial charge < -0.3 is 19.7 Å². The van der Waals surface area contributed by atoms with Gasteiger partial charge in [-0.1, -0.05) is 29.8 Å². The van der Waals surface area contributed by atoms with Gasteiger partial charge in [-0.05, 0) is 55.7 Å². The monoisotopic (exact) mass is 493 g/mol. The Hall–Kier alpha value is -3.91. The van der Waals surface area contributed by atoms with Crippen LogP contribution in [0.5, 0.6) is 0 Å². The van der Waals surface area contributed by atoms with Gasteiger partial charge in [0.1, 0.15) is 11.5 Å². The Balaban J connectivity index is 1.89. The van der Waals surface area contributed by atoms with Crippen molar-refractivity contribution in [3.63, 3.8) is 0 Å². The molecule has 9 heteroatoms. The highest BCUT2D eigenvalue weighted by Crippen LogP contribution is 2.41. The Morgan fingerprint density at radius 1 is 1.20 bits per heavy atom. The number of nitrogens with zero attached hydrogens (tertiary/aromatic N) is 2. The number of likely N-dealkylation sites (tertiary alicyclic amines) is 1. The number of carbonyl (C=O) groups is 3. The number of aliphatic hydroxyl groups excluding tert-OH is 1. The van der Waals surface area contributed by atoms with Crippen LogP contribution in [0, 0.1) is 13.8 Å². The fourth-order valence-corrected chi connectivity index (χ4v) is 4.50. The second kappa shape index (κ2) is 9.76. The second-order valence-electron chi connectivity index (χ2n) is 8.19.